The molecule has 3 aromatic carbocycles. The van der Waals surface area contributed by atoms with Gasteiger partial charge in [0, 0.05) is 24.0 Å². The fraction of sp³-hybridized carbons (Fsp3) is 0.276. The van der Waals surface area contributed by atoms with E-state index in [-0.39, 0.29) is 18.2 Å². The molecule has 0 fully saturated rings. The van der Waals surface area contributed by atoms with Crippen molar-refractivity contribution < 1.29 is 19.0 Å². The highest BCUT2D eigenvalue weighted by molar-refractivity contribution is 5.94. The Kier molecular flexibility index (Phi) is 8.20. The van der Waals surface area contributed by atoms with Crippen LogP contribution in [0.1, 0.15) is 25.5 Å². The lowest BCUT2D eigenvalue weighted by molar-refractivity contribution is -0.129. The van der Waals surface area contributed by atoms with Crippen LogP contribution < -0.4 is 20.8 Å². The molecule has 4 rings (SSSR count). The number of ether oxygens (including phenoxy) is 3. The second kappa shape index (κ2) is 11.7. The summed E-state index contributed by atoms with van der Waals surface area (Å²) in [6, 6.07) is 22.2. The van der Waals surface area contributed by atoms with E-state index in [1.54, 1.807) is 19.2 Å². The minimum atomic E-state index is -0.665. The van der Waals surface area contributed by atoms with E-state index in [0.717, 1.165) is 16.5 Å². The van der Waals surface area contributed by atoms with E-state index in [2.05, 4.69) is 0 Å². The molecule has 4 aromatic rings. The van der Waals surface area contributed by atoms with Gasteiger partial charge in [-0.05, 0) is 49.7 Å². The smallest absolute Gasteiger partial charge is 0.275 e. The van der Waals surface area contributed by atoms with Crippen molar-refractivity contribution in [2.45, 2.75) is 32.4 Å². The molecule has 192 valence electrons. The Balaban J connectivity index is 1.56. The molecule has 37 heavy (non-hydrogen) atoms. The summed E-state index contributed by atoms with van der Waals surface area (Å²) in [5.41, 5.74) is 7.73. The van der Waals surface area contributed by atoms with Crippen molar-refractivity contribution in [2.24, 2.45) is 5.73 Å². The summed E-state index contributed by atoms with van der Waals surface area (Å²) in [4.78, 5) is 24.9. The Morgan fingerprint density at radius 2 is 1.70 bits per heavy atom. The van der Waals surface area contributed by atoms with E-state index in [1.807, 2.05) is 74.5 Å². The molecule has 8 heteroatoms. The SMILES string of the molecule is CCOC(Cc1ccc(OCC(C)n2nc(-c3ccccc3)c3cc(OC)ccc3c2=O)cc1)C(N)=O. The van der Waals surface area contributed by atoms with Crippen molar-refractivity contribution in [1.29, 1.82) is 0 Å². The number of nitrogens with zero attached hydrogens (tertiary/aromatic N) is 2. The summed E-state index contributed by atoms with van der Waals surface area (Å²) in [5, 5.41) is 6.04. The van der Waals surface area contributed by atoms with Crippen molar-refractivity contribution in [3.05, 3.63) is 88.7 Å². The second-order valence-electron chi connectivity index (χ2n) is 8.73. The molecule has 2 unspecified atom stereocenters. The zero-order valence-corrected chi connectivity index (χ0v) is 21.2. The van der Waals surface area contributed by atoms with E-state index in [9.17, 15) is 9.59 Å². The van der Waals surface area contributed by atoms with Gasteiger partial charge in [0.25, 0.3) is 5.56 Å². The van der Waals surface area contributed by atoms with Crippen molar-refractivity contribution in [3.8, 4) is 22.8 Å². The lowest BCUT2D eigenvalue weighted by Crippen LogP contribution is -2.33. The van der Waals surface area contributed by atoms with Crippen LogP contribution in [0.4, 0.5) is 0 Å². The molecule has 0 bridgehead atoms. The van der Waals surface area contributed by atoms with E-state index in [1.165, 1.54) is 4.68 Å². The normalized spacial score (nSPS) is 12.7. The number of amides is 1. The third-order valence-corrected chi connectivity index (χ3v) is 6.11. The third kappa shape index (κ3) is 5.98. The minimum absolute atomic E-state index is 0.197. The summed E-state index contributed by atoms with van der Waals surface area (Å²) >= 11 is 0. The molecule has 1 aromatic heterocycles. The first-order valence-electron chi connectivity index (χ1n) is 12.2. The highest BCUT2D eigenvalue weighted by atomic mass is 16.5. The number of carbonyl (C=O) groups is 1. The van der Waals surface area contributed by atoms with Crippen LogP contribution >= 0.6 is 0 Å². The molecule has 2 N–H and O–H groups in total. The number of carbonyl (C=O) groups excluding carboxylic acids is 1. The Morgan fingerprint density at radius 3 is 2.35 bits per heavy atom. The van der Waals surface area contributed by atoms with Gasteiger partial charge in [0.05, 0.1) is 24.2 Å². The first kappa shape index (κ1) is 25.9. The molecule has 8 nitrogen and oxygen atoms in total. The topological polar surface area (TPSA) is 106 Å². The number of fused-ring (bicyclic) bond motifs is 1. The van der Waals surface area contributed by atoms with Gasteiger partial charge in [0.1, 0.15) is 24.2 Å². The molecule has 0 aliphatic carbocycles. The molecule has 2 atom stereocenters. The number of rotatable bonds is 11. The van der Waals surface area contributed by atoms with Crippen LogP contribution in [0.3, 0.4) is 0 Å². The Hall–Kier alpha value is -4.17. The zero-order valence-electron chi connectivity index (χ0n) is 21.2. The minimum Gasteiger partial charge on any atom is -0.497 e. The number of primary amides is 1. The Morgan fingerprint density at radius 1 is 1.00 bits per heavy atom. The van der Waals surface area contributed by atoms with Crippen LogP contribution in [0.5, 0.6) is 11.5 Å². The predicted molar refractivity (Wildman–Crippen MR) is 143 cm³/mol. The highest BCUT2D eigenvalue weighted by Gasteiger charge is 2.18. The van der Waals surface area contributed by atoms with Gasteiger partial charge in [-0.15, -0.1) is 0 Å². The van der Waals surface area contributed by atoms with Crippen LogP contribution in [-0.2, 0) is 16.0 Å². The van der Waals surface area contributed by atoms with E-state index in [0.29, 0.717) is 35.6 Å². The first-order valence-corrected chi connectivity index (χ1v) is 12.2. The second-order valence-corrected chi connectivity index (χ2v) is 8.73. The molecule has 1 heterocycles. The van der Waals surface area contributed by atoms with Crippen molar-refractivity contribution in [1.82, 2.24) is 9.78 Å². The van der Waals surface area contributed by atoms with Crippen LogP contribution in [0.15, 0.2) is 77.6 Å². The van der Waals surface area contributed by atoms with Crippen LogP contribution in [0.2, 0.25) is 0 Å². The highest BCUT2D eigenvalue weighted by Crippen LogP contribution is 2.28. The van der Waals surface area contributed by atoms with E-state index >= 15 is 0 Å². The Bertz CT molecular complexity index is 1420. The fourth-order valence-electron chi connectivity index (χ4n) is 4.14. The molecule has 0 aliphatic heterocycles. The van der Waals surface area contributed by atoms with Gasteiger partial charge >= 0.3 is 0 Å². The summed E-state index contributed by atoms with van der Waals surface area (Å²) < 4.78 is 18.3. The van der Waals surface area contributed by atoms with Gasteiger partial charge in [-0.1, -0.05) is 42.5 Å². The maximum absolute atomic E-state index is 13.4. The average molecular weight is 502 g/mol. The molecule has 0 saturated heterocycles. The van der Waals surface area contributed by atoms with Crippen LogP contribution in [-0.4, -0.2) is 42.1 Å². The summed E-state index contributed by atoms with van der Waals surface area (Å²) in [7, 11) is 1.60. The van der Waals surface area contributed by atoms with Crippen LogP contribution in [0.25, 0.3) is 22.0 Å². The van der Waals surface area contributed by atoms with E-state index < -0.39 is 12.0 Å². The fourth-order valence-corrected chi connectivity index (χ4v) is 4.14. The molecule has 0 spiro atoms. The quantitative estimate of drug-likeness (QED) is 0.331. The standard InChI is InChI=1S/C29H31N3O5/c1-4-36-26(28(30)33)16-20-10-12-22(13-11-20)37-18-19(2)32-29(34)24-15-14-23(35-3)17-25(24)27(31-32)21-8-6-5-7-9-21/h5-15,17,19,26H,4,16,18H2,1-3H3,(H2,30,33). The predicted octanol–water partition coefficient (Wildman–Crippen LogP) is 4.15. The molecule has 0 saturated carbocycles. The van der Waals surface area contributed by atoms with Gasteiger partial charge in [0.15, 0.2) is 0 Å². The maximum Gasteiger partial charge on any atom is 0.275 e. The van der Waals surface area contributed by atoms with Crippen LogP contribution in [0, 0.1) is 0 Å². The number of benzene rings is 3. The molecular weight excluding hydrogens is 470 g/mol. The van der Waals surface area contributed by atoms with Crippen molar-refractivity contribution in [2.75, 3.05) is 20.3 Å². The molecule has 0 radical (unpaired) electrons. The lowest BCUT2D eigenvalue weighted by atomic mass is 10.0. The summed E-state index contributed by atoms with van der Waals surface area (Å²) in [5.74, 6) is 0.814. The van der Waals surface area contributed by atoms with Gasteiger partial charge in [-0.2, -0.15) is 5.10 Å². The average Bonchev–Trinajstić information content (AvgIpc) is 2.92. The Labute approximate surface area is 215 Å². The number of hydrogen-bond acceptors (Lipinski definition) is 6. The maximum atomic E-state index is 13.4. The monoisotopic (exact) mass is 501 g/mol. The summed E-state index contributed by atoms with van der Waals surface area (Å²) in [6.45, 7) is 4.37. The van der Waals surface area contributed by atoms with Gasteiger partial charge in [-0.3, -0.25) is 9.59 Å². The van der Waals surface area contributed by atoms with E-state index in [4.69, 9.17) is 25.0 Å². The molecular formula is C29H31N3O5. The molecule has 0 aliphatic rings. The van der Waals surface area contributed by atoms with Crippen molar-refractivity contribution in [3.63, 3.8) is 0 Å². The number of methoxy groups -OCH3 is 1. The molecule has 1 amide bonds. The third-order valence-electron chi connectivity index (χ3n) is 6.11. The van der Waals surface area contributed by atoms with Gasteiger partial charge < -0.3 is 19.9 Å². The van der Waals surface area contributed by atoms with Gasteiger partial charge in [0.2, 0.25) is 5.91 Å². The van der Waals surface area contributed by atoms with Crippen molar-refractivity contribution >= 4 is 16.7 Å². The number of hydrogen-bond donors (Lipinski definition) is 1. The lowest BCUT2D eigenvalue weighted by Gasteiger charge is -2.18. The summed E-state index contributed by atoms with van der Waals surface area (Å²) in [6.07, 6.45) is -0.273. The number of aromatic nitrogens is 2. The zero-order chi connectivity index (χ0) is 26.4. The van der Waals surface area contributed by atoms with Gasteiger partial charge in [-0.25, -0.2) is 4.68 Å². The number of nitrogens with two attached hydrogens (primary N) is 1. The first-order chi connectivity index (χ1) is 17.9. The largest absolute Gasteiger partial charge is 0.497 e.